The molecule has 0 aromatic carbocycles. The number of hydrogen-bond acceptors (Lipinski definition) is 5. The molecular formula is C11H18N4O3. The lowest BCUT2D eigenvalue weighted by Crippen LogP contribution is -2.33. The fraction of sp³-hybridized carbons (Fsp3) is 0.818. The molecule has 7 heteroatoms. The molecule has 0 radical (unpaired) electrons. The Morgan fingerprint density at radius 1 is 1.67 bits per heavy atom. The minimum atomic E-state index is -0.844. The van der Waals surface area contributed by atoms with Gasteiger partial charge in [0.05, 0.1) is 18.6 Å². The lowest BCUT2D eigenvalue weighted by Gasteiger charge is -2.23. The normalized spacial score (nSPS) is 22.9. The maximum Gasteiger partial charge on any atom is 0.311 e. The molecule has 0 saturated carbocycles. The van der Waals surface area contributed by atoms with Crippen LogP contribution in [0.25, 0.3) is 0 Å². The largest absolute Gasteiger partial charge is 0.481 e. The average Bonchev–Trinajstić information content (AvgIpc) is 2.98. The van der Waals surface area contributed by atoms with Gasteiger partial charge < -0.3 is 9.84 Å². The second-order valence-electron chi connectivity index (χ2n) is 4.97. The first-order valence-corrected chi connectivity index (χ1v) is 6.14. The van der Waals surface area contributed by atoms with Gasteiger partial charge in [-0.25, -0.2) is 4.68 Å². The summed E-state index contributed by atoms with van der Waals surface area (Å²) in [4.78, 5) is 11.3. The summed E-state index contributed by atoms with van der Waals surface area (Å²) >= 11 is 0. The lowest BCUT2D eigenvalue weighted by molar-refractivity contribution is -0.149. The highest BCUT2D eigenvalue weighted by atomic mass is 16.5. The SMILES string of the molecule is CCC(C)(Cn1nnnc1C1CCOC1)C(=O)O. The second kappa shape index (κ2) is 5.01. The maximum atomic E-state index is 11.3. The van der Waals surface area contributed by atoms with Crippen molar-refractivity contribution in [1.29, 1.82) is 0 Å². The van der Waals surface area contributed by atoms with E-state index in [0.29, 0.717) is 19.6 Å². The van der Waals surface area contributed by atoms with Crippen LogP contribution in [0.5, 0.6) is 0 Å². The molecule has 1 aliphatic rings. The molecule has 1 aromatic rings. The molecule has 1 saturated heterocycles. The van der Waals surface area contributed by atoms with Gasteiger partial charge in [0.25, 0.3) is 0 Å². The molecule has 18 heavy (non-hydrogen) atoms. The van der Waals surface area contributed by atoms with Crippen LogP contribution in [0.15, 0.2) is 0 Å². The first-order chi connectivity index (χ1) is 8.57. The van der Waals surface area contributed by atoms with Gasteiger partial charge in [0.2, 0.25) is 0 Å². The first-order valence-electron chi connectivity index (χ1n) is 6.14. The van der Waals surface area contributed by atoms with E-state index in [-0.39, 0.29) is 12.5 Å². The first kappa shape index (κ1) is 12.9. The van der Waals surface area contributed by atoms with Crippen LogP contribution in [-0.4, -0.2) is 44.5 Å². The number of ether oxygens (including phenoxy) is 1. The van der Waals surface area contributed by atoms with Gasteiger partial charge in [0.15, 0.2) is 5.82 Å². The highest BCUT2D eigenvalue weighted by Gasteiger charge is 2.34. The Morgan fingerprint density at radius 2 is 2.44 bits per heavy atom. The molecule has 1 aromatic heterocycles. The minimum absolute atomic E-state index is 0.176. The minimum Gasteiger partial charge on any atom is -0.481 e. The predicted molar refractivity (Wildman–Crippen MR) is 62.0 cm³/mol. The zero-order valence-corrected chi connectivity index (χ0v) is 10.7. The Balaban J connectivity index is 2.19. The van der Waals surface area contributed by atoms with Gasteiger partial charge in [0, 0.05) is 12.5 Å². The lowest BCUT2D eigenvalue weighted by atomic mass is 9.87. The smallest absolute Gasteiger partial charge is 0.311 e. The molecule has 2 unspecified atom stereocenters. The van der Waals surface area contributed by atoms with Crippen molar-refractivity contribution in [3.63, 3.8) is 0 Å². The third kappa shape index (κ3) is 2.35. The topological polar surface area (TPSA) is 90.1 Å². The summed E-state index contributed by atoms with van der Waals surface area (Å²) in [7, 11) is 0. The highest BCUT2D eigenvalue weighted by molar-refractivity contribution is 5.73. The van der Waals surface area contributed by atoms with Crippen molar-refractivity contribution < 1.29 is 14.6 Å². The van der Waals surface area contributed by atoms with E-state index in [1.807, 2.05) is 6.92 Å². The Kier molecular flexibility index (Phi) is 3.60. The summed E-state index contributed by atoms with van der Waals surface area (Å²) in [6.07, 6.45) is 1.42. The predicted octanol–water partition coefficient (Wildman–Crippen LogP) is 0.678. The monoisotopic (exact) mass is 254 g/mol. The van der Waals surface area contributed by atoms with E-state index >= 15 is 0 Å². The summed E-state index contributed by atoms with van der Waals surface area (Å²) in [5.74, 6) is 0.0810. The average molecular weight is 254 g/mol. The summed E-state index contributed by atoms with van der Waals surface area (Å²) < 4.78 is 6.92. The fourth-order valence-electron chi connectivity index (χ4n) is 2.02. The van der Waals surface area contributed by atoms with Crippen molar-refractivity contribution >= 4 is 5.97 Å². The van der Waals surface area contributed by atoms with E-state index in [2.05, 4.69) is 15.5 Å². The molecule has 0 aliphatic carbocycles. The van der Waals surface area contributed by atoms with Crippen molar-refractivity contribution in [2.75, 3.05) is 13.2 Å². The number of carboxylic acids is 1. The quantitative estimate of drug-likeness (QED) is 0.830. The van der Waals surface area contributed by atoms with Crippen molar-refractivity contribution in [2.45, 2.75) is 39.2 Å². The van der Waals surface area contributed by atoms with Crippen LogP contribution in [0.2, 0.25) is 0 Å². The number of tetrazole rings is 1. The molecule has 100 valence electrons. The van der Waals surface area contributed by atoms with Gasteiger partial charge in [-0.05, 0) is 30.2 Å². The van der Waals surface area contributed by atoms with Gasteiger partial charge >= 0.3 is 5.97 Å². The Bertz CT molecular complexity index is 428. The number of carboxylic acid groups (broad SMARTS) is 1. The van der Waals surface area contributed by atoms with Crippen LogP contribution in [0.4, 0.5) is 0 Å². The molecule has 0 spiro atoms. The highest BCUT2D eigenvalue weighted by Crippen LogP contribution is 2.27. The van der Waals surface area contributed by atoms with Crippen LogP contribution < -0.4 is 0 Å². The van der Waals surface area contributed by atoms with E-state index in [9.17, 15) is 9.90 Å². The van der Waals surface area contributed by atoms with E-state index in [1.54, 1.807) is 11.6 Å². The van der Waals surface area contributed by atoms with Crippen molar-refractivity contribution in [2.24, 2.45) is 5.41 Å². The maximum absolute atomic E-state index is 11.3. The van der Waals surface area contributed by atoms with Gasteiger partial charge in [-0.15, -0.1) is 5.10 Å². The number of rotatable bonds is 5. The molecule has 1 N–H and O–H groups in total. The van der Waals surface area contributed by atoms with E-state index in [0.717, 1.165) is 12.2 Å². The molecule has 2 atom stereocenters. The standard InChI is InChI=1S/C11H18N4O3/c1-3-11(2,10(16)17)7-15-9(12-13-14-15)8-4-5-18-6-8/h8H,3-7H2,1-2H3,(H,16,17). The van der Waals surface area contributed by atoms with Gasteiger partial charge in [-0.3, -0.25) is 4.79 Å². The number of aliphatic carboxylic acids is 1. The van der Waals surface area contributed by atoms with Crippen LogP contribution >= 0.6 is 0 Å². The van der Waals surface area contributed by atoms with Gasteiger partial charge in [-0.2, -0.15) is 0 Å². The summed E-state index contributed by atoms with van der Waals surface area (Å²) in [5, 5.41) is 20.9. The summed E-state index contributed by atoms with van der Waals surface area (Å²) in [6.45, 7) is 5.18. The molecule has 2 rings (SSSR count). The molecular weight excluding hydrogens is 236 g/mol. The van der Waals surface area contributed by atoms with Gasteiger partial charge in [0.1, 0.15) is 0 Å². The summed E-state index contributed by atoms with van der Waals surface area (Å²) in [6, 6.07) is 0. The van der Waals surface area contributed by atoms with Crippen LogP contribution in [0.3, 0.4) is 0 Å². The summed E-state index contributed by atoms with van der Waals surface area (Å²) in [5.41, 5.74) is -0.844. The number of carbonyl (C=O) groups is 1. The van der Waals surface area contributed by atoms with Crippen molar-refractivity contribution in [3.05, 3.63) is 5.82 Å². The molecule has 1 fully saturated rings. The van der Waals surface area contributed by atoms with Crippen LogP contribution in [0, 0.1) is 5.41 Å². The molecule has 1 aliphatic heterocycles. The second-order valence-corrected chi connectivity index (χ2v) is 4.97. The zero-order chi connectivity index (χ0) is 13.2. The Morgan fingerprint density at radius 3 is 3.00 bits per heavy atom. The third-order valence-electron chi connectivity index (χ3n) is 3.65. The molecule has 0 bridgehead atoms. The number of hydrogen-bond donors (Lipinski definition) is 1. The van der Waals surface area contributed by atoms with Crippen LogP contribution in [0.1, 0.15) is 38.4 Å². The van der Waals surface area contributed by atoms with Crippen molar-refractivity contribution in [3.8, 4) is 0 Å². The fourth-order valence-corrected chi connectivity index (χ4v) is 2.02. The van der Waals surface area contributed by atoms with Crippen molar-refractivity contribution in [1.82, 2.24) is 20.2 Å². The number of aromatic nitrogens is 4. The van der Waals surface area contributed by atoms with E-state index < -0.39 is 11.4 Å². The molecule has 7 nitrogen and oxygen atoms in total. The van der Waals surface area contributed by atoms with Crippen LogP contribution in [-0.2, 0) is 16.1 Å². The molecule has 0 amide bonds. The molecule has 2 heterocycles. The van der Waals surface area contributed by atoms with Gasteiger partial charge in [-0.1, -0.05) is 6.92 Å². The van der Waals surface area contributed by atoms with E-state index in [4.69, 9.17) is 4.74 Å². The zero-order valence-electron chi connectivity index (χ0n) is 10.7. The Labute approximate surface area is 105 Å². The van der Waals surface area contributed by atoms with E-state index in [1.165, 1.54) is 0 Å². The third-order valence-corrected chi connectivity index (χ3v) is 3.65. The Hall–Kier alpha value is -1.50. The number of nitrogens with zero attached hydrogens (tertiary/aromatic N) is 4.